The van der Waals surface area contributed by atoms with Crippen molar-refractivity contribution < 1.29 is 9.53 Å². The molecule has 1 fully saturated rings. The van der Waals surface area contributed by atoms with Gasteiger partial charge in [0.25, 0.3) is 5.56 Å². The minimum atomic E-state index is -0.507. The fraction of sp³-hybridized carbons (Fsp3) is 0.421. The Bertz CT molecular complexity index is 841. The number of carbonyl (C=O) groups excluding carboxylic acids is 1. The third-order valence-electron chi connectivity index (χ3n) is 4.62. The van der Waals surface area contributed by atoms with Crippen LogP contribution >= 0.6 is 0 Å². The van der Waals surface area contributed by atoms with Crippen molar-refractivity contribution >= 4 is 5.91 Å². The number of amides is 1. The molecule has 1 atom stereocenters. The molecule has 1 aromatic carbocycles. The first-order chi connectivity index (χ1) is 12.5. The van der Waals surface area contributed by atoms with E-state index in [9.17, 15) is 14.4 Å². The van der Waals surface area contributed by atoms with Crippen molar-refractivity contribution in [1.29, 1.82) is 0 Å². The van der Waals surface area contributed by atoms with Gasteiger partial charge in [-0.2, -0.15) is 0 Å². The normalized spacial score (nSPS) is 16.7. The third kappa shape index (κ3) is 4.41. The molecule has 0 aliphatic carbocycles. The van der Waals surface area contributed by atoms with E-state index < -0.39 is 11.2 Å². The van der Waals surface area contributed by atoms with E-state index in [1.54, 1.807) is 4.90 Å². The summed E-state index contributed by atoms with van der Waals surface area (Å²) >= 11 is 0. The van der Waals surface area contributed by atoms with E-state index in [0.717, 1.165) is 17.7 Å². The number of hydrogen-bond acceptors (Lipinski definition) is 4. The zero-order valence-electron chi connectivity index (χ0n) is 14.8. The van der Waals surface area contributed by atoms with Gasteiger partial charge < -0.3 is 14.6 Å². The summed E-state index contributed by atoms with van der Waals surface area (Å²) in [4.78, 5) is 41.9. The third-order valence-corrected chi connectivity index (χ3v) is 4.62. The van der Waals surface area contributed by atoms with Crippen molar-refractivity contribution in [2.24, 2.45) is 0 Å². The quantitative estimate of drug-likeness (QED) is 0.817. The van der Waals surface area contributed by atoms with E-state index in [1.165, 1.54) is 6.07 Å². The zero-order chi connectivity index (χ0) is 18.5. The van der Waals surface area contributed by atoms with Crippen molar-refractivity contribution in [2.45, 2.75) is 32.1 Å². The van der Waals surface area contributed by atoms with Crippen LogP contribution in [0.2, 0.25) is 0 Å². The smallest absolute Gasteiger partial charge is 0.325 e. The zero-order valence-corrected chi connectivity index (χ0v) is 14.8. The second-order valence-corrected chi connectivity index (χ2v) is 6.45. The Morgan fingerprint density at radius 1 is 1.23 bits per heavy atom. The van der Waals surface area contributed by atoms with Crippen molar-refractivity contribution in [3.05, 3.63) is 62.4 Å². The Kier molecular flexibility index (Phi) is 5.55. The van der Waals surface area contributed by atoms with Gasteiger partial charge in [-0.05, 0) is 37.5 Å². The predicted octanol–water partition coefficient (Wildman–Crippen LogP) is 1.41. The number of nitrogens with one attached hydrogen (secondary N) is 2. The number of nitrogens with zero attached hydrogens (tertiary/aromatic N) is 1. The molecule has 2 heterocycles. The first-order valence-electron chi connectivity index (χ1n) is 8.88. The van der Waals surface area contributed by atoms with Crippen LogP contribution in [0.15, 0.2) is 39.9 Å². The lowest BCUT2D eigenvalue weighted by molar-refractivity contribution is -0.130. The van der Waals surface area contributed by atoms with Gasteiger partial charge in [-0.15, -0.1) is 0 Å². The molecule has 0 spiro atoms. The number of aromatic amines is 2. The van der Waals surface area contributed by atoms with Gasteiger partial charge in [0.1, 0.15) is 5.75 Å². The minimum Gasteiger partial charge on any atom is -0.494 e. The largest absolute Gasteiger partial charge is 0.494 e. The van der Waals surface area contributed by atoms with Crippen LogP contribution in [0.25, 0.3) is 0 Å². The van der Waals surface area contributed by atoms with Crippen LogP contribution in [0, 0.1) is 0 Å². The summed E-state index contributed by atoms with van der Waals surface area (Å²) in [5.41, 5.74) is 0.772. The Morgan fingerprint density at radius 3 is 2.69 bits per heavy atom. The average molecular weight is 357 g/mol. The molecule has 7 heteroatoms. The molecular formula is C19H23N3O4. The highest BCUT2D eigenvalue weighted by Gasteiger charge is 2.27. The van der Waals surface area contributed by atoms with Crippen molar-refractivity contribution in [2.75, 3.05) is 19.7 Å². The maximum atomic E-state index is 12.5. The molecule has 1 unspecified atom stereocenters. The highest BCUT2D eigenvalue weighted by atomic mass is 16.5. The van der Waals surface area contributed by atoms with Crippen molar-refractivity contribution in [1.82, 2.24) is 14.9 Å². The molecule has 0 saturated carbocycles. The van der Waals surface area contributed by atoms with Crippen LogP contribution in [-0.4, -0.2) is 40.5 Å². The SMILES string of the molecule is CCOc1ccc(CCC(=O)N2CCC(c3cc(=O)[nH]c(=O)[nH]3)C2)cc1. The fourth-order valence-corrected chi connectivity index (χ4v) is 3.28. The number of aryl methyl sites for hydroxylation is 1. The van der Waals surface area contributed by atoms with E-state index >= 15 is 0 Å². The number of H-pyrrole nitrogens is 2. The molecule has 2 aromatic rings. The van der Waals surface area contributed by atoms with Crippen LogP contribution < -0.4 is 16.0 Å². The first kappa shape index (κ1) is 18.0. The highest BCUT2D eigenvalue weighted by molar-refractivity contribution is 5.76. The van der Waals surface area contributed by atoms with Gasteiger partial charge in [0, 0.05) is 37.2 Å². The maximum Gasteiger partial charge on any atom is 0.325 e. The summed E-state index contributed by atoms with van der Waals surface area (Å²) in [6, 6.07) is 9.19. The van der Waals surface area contributed by atoms with Gasteiger partial charge in [-0.1, -0.05) is 12.1 Å². The fourth-order valence-electron chi connectivity index (χ4n) is 3.28. The van der Waals surface area contributed by atoms with E-state index in [4.69, 9.17) is 4.74 Å². The van der Waals surface area contributed by atoms with Gasteiger partial charge in [-0.3, -0.25) is 14.6 Å². The Balaban J connectivity index is 1.54. The molecule has 2 N–H and O–H groups in total. The molecule has 1 aliphatic heterocycles. The molecule has 3 rings (SSSR count). The van der Waals surface area contributed by atoms with E-state index in [2.05, 4.69) is 9.97 Å². The Morgan fingerprint density at radius 2 is 2.00 bits per heavy atom. The summed E-state index contributed by atoms with van der Waals surface area (Å²) in [5, 5.41) is 0. The average Bonchev–Trinajstić information content (AvgIpc) is 3.11. The van der Waals surface area contributed by atoms with Gasteiger partial charge in [0.15, 0.2) is 0 Å². The summed E-state index contributed by atoms with van der Waals surface area (Å²) in [6.45, 7) is 3.74. The number of hydrogen-bond donors (Lipinski definition) is 2. The van der Waals surface area contributed by atoms with Crippen molar-refractivity contribution in [3.8, 4) is 5.75 Å². The van der Waals surface area contributed by atoms with Crippen LogP contribution in [0.3, 0.4) is 0 Å². The lowest BCUT2D eigenvalue weighted by atomic mass is 10.1. The van der Waals surface area contributed by atoms with Crippen LogP contribution in [0.4, 0.5) is 0 Å². The number of benzene rings is 1. The number of ether oxygens (including phenoxy) is 1. The number of aromatic nitrogens is 2. The second kappa shape index (κ2) is 8.03. The van der Waals surface area contributed by atoms with Crippen LogP contribution in [0.1, 0.15) is 36.9 Å². The van der Waals surface area contributed by atoms with E-state index in [-0.39, 0.29) is 11.8 Å². The van der Waals surface area contributed by atoms with Crippen LogP contribution in [-0.2, 0) is 11.2 Å². The molecule has 1 aliphatic rings. The standard InChI is InChI=1S/C19H23N3O4/c1-2-26-15-6-3-13(4-7-15)5-8-18(24)22-10-9-14(12-22)16-11-17(23)21-19(25)20-16/h3-4,6-7,11,14H,2,5,8-10,12H2,1H3,(H2,20,21,23,25). The van der Waals surface area contributed by atoms with E-state index in [0.29, 0.717) is 38.2 Å². The predicted molar refractivity (Wildman–Crippen MR) is 97.6 cm³/mol. The number of likely N-dealkylation sites (tertiary alicyclic amines) is 1. The second-order valence-electron chi connectivity index (χ2n) is 6.45. The highest BCUT2D eigenvalue weighted by Crippen LogP contribution is 2.25. The molecule has 0 radical (unpaired) electrons. The Labute approximate surface area is 151 Å². The summed E-state index contributed by atoms with van der Waals surface area (Å²) in [6.07, 6.45) is 1.86. The van der Waals surface area contributed by atoms with Gasteiger partial charge in [-0.25, -0.2) is 4.79 Å². The summed E-state index contributed by atoms with van der Waals surface area (Å²) in [7, 11) is 0. The topological polar surface area (TPSA) is 95.3 Å². The molecule has 7 nitrogen and oxygen atoms in total. The molecule has 1 aromatic heterocycles. The molecule has 26 heavy (non-hydrogen) atoms. The molecule has 138 valence electrons. The van der Waals surface area contributed by atoms with Gasteiger partial charge in [0.05, 0.1) is 6.61 Å². The van der Waals surface area contributed by atoms with Gasteiger partial charge in [0.2, 0.25) is 5.91 Å². The lowest BCUT2D eigenvalue weighted by Crippen LogP contribution is -2.29. The maximum absolute atomic E-state index is 12.5. The van der Waals surface area contributed by atoms with E-state index in [1.807, 2.05) is 31.2 Å². The minimum absolute atomic E-state index is 0.000531. The van der Waals surface area contributed by atoms with Gasteiger partial charge >= 0.3 is 5.69 Å². The first-order valence-corrected chi connectivity index (χ1v) is 8.88. The molecule has 0 bridgehead atoms. The number of carbonyl (C=O) groups is 1. The monoisotopic (exact) mass is 357 g/mol. The van der Waals surface area contributed by atoms with Crippen LogP contribution in [0.5, 0.6) is 5.75 Å². The summed E-state index contributed by atoms with van der Waals surface area (Å²) < 4.78 is 5.41. The Hall–Kier alpha value is -2.83. The lowest BCUT2D eigenvalue weighted by Gasteiger charge is -2.16. The molecule has 1 amide bonds. The summed E-state index contributed by atoms with van der Waals surface area (Å²) in [5.74, 6) is 0.921. The molecular weight excluding hydrogens is 334 g/mol. The number of rotatable bonds is 6. The molecule has 1 saturated heterocycles. The van der Waals surface area contributed by atoms with Crippen molar-refractivity contribution in [3.63, 3.8) is 0 Å².